The summed E-state index contributed by atoms with van der Waals surface area (Å²) >= 11 is 0. The van der Waals surface area contributed by atoms with Crippen LogP contribution in [-0.2, 0) is 17.6 Å². The van der Waals surface area contributed by atoms with Crippen molar-refractivity contribution < 1.29 is 32.5 Å². The fraction of sp³-hybridized carbons (Fsp3) is 0.333. The van der Waals surface area contributed by atoms with E-state index in [1.807, 2.05) is 0 Å². The number of alkyl halides is 3. The summed E-state index contributed by atoms with van der Waals surface area (Å²) in [6, 6.07) is 7.43. The molecule has 0 radical (unpaired) electrons. The van der Waals surface area contributed by atoms with Gasteiger partial charge in [0.05, 0.1) is 26.2 Å². The number of aromatic nitrogens is 3. The zero-order valence-corrected chi connectivity index (χ0v) is 20.1. The van der Waals surface area contributed by atoms with E-state index >= 15 is 0 Å². The average molecular weight is 505 g/mol. The first kappa shape index (κ1) is 26.5. The van der Waals surface area contributed by atoms with Crippen LogP contribution in [0.15, 0.2) is 42.7 Å². The first-order valence-corrected chi connectivity index (χ1v) is 10.8. The number of benzene rings is 1. The monoisotopic (exact) mass is 505 g/mol. The Hall–Kier alpha value is -4.09. The average Bonchev–Trinajstić information content (AvgIpc) is 2.83. The van der Waals surface area contributed by atoms with Crippen molar-refractivity contribution in [1.82, 2.24) is 15.0 Å². The minimum absolute atomic E-state index is 0.106. The predicted octanol–water partition coefficient (Wildman–Crippen LogP) is 3.83. The molecular formula is C24H26F3N5O4. The summed E-state index contributed by atoms with van der Waals surface area (Å²) in [5, 5.41) is 12.4. The van der Waals surface area contributed by atoms with Crippen molar-refractivity contribution >= 4 is 17.7 Å². The van der Waals surface area contributed by atoms with Crippen LogP contribution in [0.3, 0.4) is 0 Å². The molecule has 192 valence electrons. The molecule has 0 saturated heterocycles. The van der Waals surface area contributed by atoms with E-state index in [1.165, 1.54) is 19.1 Å². The Balaban J connectivity index is 1.88. The van der Waals surface area contributed by atoms with Gasteiger partial charge >= 0.3 is 12.1 Å². The van der Waals surface area contributed by atoms with Crippen molar-refractivity contribution in [3.8, 4) is 22.6 Å². The predicted molar refractivity (Wildman–Crippen MR) is 128 cm³/mol. The number of rotatable bonds is 10. The summed E-state index contributed by atoms with van der Waals surface area (Å²) in [7, 11) is 6.31. The Bertz CT molecular complexity index is 1180. The van der Waals surface area contributed by atoms with Gasteiger partial charge in [-0.2, -0.15) is 18.2 Å². The Morgan fingerprint density at radius 3 is 2.25 bits per heavy atom. The molecule has 12 heteroatoms. The molecule has 9 nitrogen and oxygen atoms in total. The number of ether oxygens (including phenoxy) is 2. The molecule has 0 amide bonds. The maximum atomic E-state index is 13.1. The van der Waals surface area contributed by atoms with Crippen LogP contribution < -0.4 is 19.7 Å². The molecule has 0 unspecified atom stereocenters. The molecule has 0 spiro atoms. The van der Waals surface area contributed by atoms with Gasteiger partial charge in [0.2, 0.25) is 5.95 Å². The Morgan fingerprint density at radius 2 is 1.75 bits per heavy atom. The third-order valence-corrected chi connectivity index (χ3v) is 5.21. The van der Waals surface area contributed by atoms with Crippen LogP contribution in [0.2, 0.25) is 0 Å². The fourth-order valence-electron chi connectivity index (χ4n) is 3.49. The van der Waals surface area contributed by atoms with E-state index in [0.717, 1.165) is 6.20 Å². The lowest BCUT2D eigenvalue weighted by atomic mass is 10.0. The van der Waals surface area contributed by atoms with Crippen LogP contribution in [0.4, 0.5) is 24.9 Å². The molecule has 0 aliphatic carbocycles. The second-order valence-electron chi connectivity index (χ2n) is 8.05. The molecule has 2 N–H and O–H groups in total. The molecule has 3 aromatic rings. The van der Waals surface area contributed by atoms with Crippen molar-refractivity contribution in [2.24, 2.45) is 0 Å². The van der Waals surface area contributed by atoms with Crippen molar-refractivity contribution in [3.05, 3.63) is 54.0 Å². The number of anilines is 2. The molecule has 1 aromatic carbocycles. The smallest absolute Gasteiger partial charge is 0.393 e. The quantitative estimate of drug-likeness (QED) is 0.425. The third-order valence-electron chi connectivity index (χ3n) is 5.21. The van der Waals surface area contributed by atoms with Gasteiger partial charge in [-0.1, -0.05) is 12.1 Å². The van der Waals surface area contributed by atoms with Gasteiger partial charge in [0, 0.05) is 49.7 Å². The van der Waals surface area contributed by atoms with E-state index in [4.69, 9.17) is 9.47 Å². The Labute approximate surface area is 205 Å². The van der Waals surface area contributed by atoms with Gasteiger partial charge in [0.1, 0.15) is 23.4 Å². The van der Waals surface area contributed by atoms with Gasteiger partial charge in [0.25, 0.3) is 0 Å². The SMILES string of the molecule is COc1cccc(OC)c1-c1ccc(C[C@H](Nc2nc(N(C)C)ncc2CC(F)(F)F)C(=O)O)nc1. The Morgan fingerprint density at radius 1 is 1.08 bits per heavy atom. The molecule has 0 fully saturated rings. The number of hydrogen-bond acceptors (Lipinski definition) is 8. The summed E-state index contributed by atoms with van der Waals surface area (Å²) < 4.78 is 50.0. The van der Waals surface area contributed by atoms with Gasteiger partial charge in [-0.05, 0) is 18.2 Å². The number of methoxy groups -OCH3 is 2. The van der Waals surface area contributed by atoms with Crippen LogP contribution in [0.5, 0.6) is 11.5 Å². The summed E-state index contributed by atoms with van der Waals surface area (Å²) in [6.45, 7) is 0. The molecule has 3 rings (SSSR count). The molecule has 0 saturated carbocycles. The second-order valence-corrected chi connectivity index (χ2v) is 8.05. The summed E-state index contributed by atoms with van der Waals surface area (Å²) in [5.41, 5.74) is 1.52. The van der Waals surface area contributed by atoms with Crippen molar-refractivity contribution in [3.63, 3.8) is 0 Å². The third kappa shape index (κ3) is 6.52. The number of carboxylic acid groups (broad SMARTS) is 1. The van der Waals surface area contributed by atoms with Gasteiger partial charge in [-0.3, -0.25) is 4.98 Å². The lowest BCUT2D eigenvalue weighted by Gasteiger charge is -2.20. The highest BCUT2D eigenvalue weighted by atomic mass is 19.4. The summed E-state index contributed by atoms with van der Waals surface area (Å²) in [6.07, 6.45) is -3.33. The summed E-state index contributed by atoms with van der Waals surface area (Å²) in [4.78, 5) is 25.9. The molecule has 2 heterocycles. The largest absolute Gasteiger partial charge is 0.496 e. The van der Waals surface area contributed by atoms with Crippen molar-refractivity contribution in [2.75, 3.05) is 38.5 Å². The lowest BCUT2D eigenvalue weighted by molar-refractivity contribution is -0.137. The second kappa shape index (κ2) is 11.1. The lowest BCUT2D eigenvalue weighted by Crippen LogP contribution is -2.33. The van der Waals surface area contributed by atoms with Crippen LogP contribution in [0, 0.1) is 0 Å². The first-order chi connectivity index (χ1) is 17.0. The van der Waals surface area contributed by atoms with Crippen LogP contribution in [-0.4, -0.2) is 66.6 Å². The molecule has 1 atom stereocenters. The van der Waals surface area contributed by atoms with Gasteiger partial charge in [-0.25, -0.2) is 9.78 Å². The van der Waals surface area contributed by atoms with Crippen LogP contribution >= 0.6 is 0 Å². The number of pyridine rings is 1. The first-order valence-electron chi connectivity index (χ1n) is 10.8. The number of halogens is 3. The number of nitrogens with one attached hydrogen (secondary N) is 1. The highest BCUT2D eigenvalue weighted by molar-refractivity contribution is 5.78. The van der Waals surface area contributed by atoms with E-state index in [1.54, 1.807) is 50.6 Å². The molecular weight excluding hydrogens is 479 g/mol. The molecule has 0 aliphatic heterocycles. The maximum absolute atomic E-state index is 13.1. The zero-order chi connectivity index (χ0) is 26.5. The van der Waals surface area contributed by atoms with E-state index in [0.29, 0.717) is 28.3 Å². The van der Waals surface area contributed by atoms with Gasteiger partial charge < -0.3 is 24.8 Å². The van der Waals surface area contributed by atoms with Gasteiger partial charge in [-0.15, -0.1) is 0 Å². The normalized spacial score (nSPS) is 12.1. The zero-order valence-electron chi connectivity index (χ0n) is 20.1. The van der Waals surface area contributed by atoms with Crippen molar-refractivity contribution in [1.29, 1.82) is 0 Å². The summed E-state index contributed by atoms with van der Waals surface area (Å²) in [5.74, 6) is -0.178. The van der Waals surface area contributed by atoms with E-state index in [-0.39, 0.29) is 23.8 Å². The van der Waals surface area contributed by atoms with E-state index in [2.05, 4.69) is 20.3 Å². The van der Waals surface area contributed by atoms with E-state index < -0.39 is 24.6 Å². The molecule has 36 heavy (non-hydrogen) atoms. The standard InChI is InChI=1S/C24H26F3N5O4/c1-32(2)23-29-13-15(11-24(25,26)27)21(31-23)30-17(22(33)34)10-16-9-8-14(12-28-16)20-18(35-3)6-5-7-19(20)36-4/h5-9,12-13,17H,10-11H2,1-4H3,(H,33,34)(H,29,30,31)/t17-/m0/s1. The fourth-order valence-corrected chi connectivity index (χ4v) is 3.49. The minimum Gasteiger partial charge on any atom is -0.496 e. The highest BCUT2D eigenvalue weighted by Gasteiger charge is 2.31. The number of carbonyl (C=O) groups is 1. The number of hydrogen-bond donors (Lipinski definition) is 2. The van der Waals surface area contributed by atoms with Crippen LogP contribution in [0.25, 0.3) is 11.1 Å². The topological polar surface area (TPSA) is 110 Å². The van der Waals surface area contributed by atoms with E-state index in [9.17, 15) is 23.1 Å². The van der Waals surface area contributed by atoms with Crippen LogP contribution in [0.1, 0.15) is 11.3 Å². The van der Waals surface area contributed by atoms with Crippen molar-refractivity contribution in [2.45, 2.75) is 25.1 Å². The molecule has 2 aromatic heterocycles. The Kier molecular flexibility index (Phi) is 8.18. The number of aliphatic carboxylic acids is 1. The number of nitrogens with zero attached hydrogens (tertiary/aromatic N) is 4. The minimum atomic E-state index is -4.52. The molecule has 0 aliphatic rings. The highest BCUT2D eigenvalue weighted by Crippen LogP contribution is 2.37. The number of carboxylic acids is 1. The maximum Gasteiger partial charge on any atom is 0.393 e. The molecule has 0 bridgehead atoms. The van der Waals surface area contributed by atoms with Gasteiger partial charge in [0.15, 0.2) is 0 Å².